The van der Waals surface area contributed by atoms with E-state index in [1.54, 1.807) is 27.7 Å². The molecule has 25 heavy (non-hydrogen) atoms. The number of likely N-dealkylation sites (tertiary alicyclic amines) is 1. The van der Waals surface area contributed by atoms with Crippen LogP contribution in [0.4, 0.5) is 4.39 Å². The van der Waals surface area contributed by atoms with Gasteiger partial charge in [-0.1, -0.05) is 30.3 Å². The topological polar surface area (TPSA) is 66.8 Å². The first kappa shape index (κ1) is 19.4. The SMILES string of the molecule is C[C@H](c1ccccc1)N1C[C@@](CCO)(C(=O)OC(C)(C)C)C(F)C1=O. The van der Waals surface area contributed by atoms with Gasteiger partial charge in [-0.3, -0.25) is 9.59 Å². The Bertz CT molecular complexity index is 628. The van der Waals surface area contributed by atoms with E-state index in [9.17, 15) is 19.1 Å². The molecule has 138 valence electrons. The number of carbonyl (C=O) groups excluding carboxylic acids is 2. The summed E-state index contributed by atoms with van der Waals surface area (Å²) < 4.78 is 20.3. The van der Waals surface area contributed by atoms with Crippen LogP contribution in [0.15, 0.2) is 30.3 Å². The van der Waals surface area contributed by atoms with E-state index < -0.39 is 35.7 Å². The number of aliphatic hydroxyl groups is 1. The second-order valence-corrected chi connectivity index (χ2v) is 7.55. The highest BCUT2D eigenvalue weighted by atomic mass is 19.1. The highest BCUT2D eigenvalue weighted by molar-refractivity contribution is 5.94. The van der Waals surface area contributed by atoms with Crippen LogP contribution in [-0.4, -0.2) is 46.8 Å². The maximum atomic E-state index is 15.0. The Labute approximate surface area is 147 Å². The molecule has 1 aromatic carbocycles. The maximum Gasteiger partial charge on any atom is 0.318 e. The predicted molar refractivity (Wildman–Crippen MR) is 91.4 cm³/mol. The van der Waals surface area contributed by atoms with Crippen molar-refractivity contribution in [3.8, 4) is 0 Å². The smallest absolute Gasteiger partial charge is 0.318 e. The van der Waals surface area contributed by atoms with Crippen molar-refractivity contribution in [3.05, 3.63) is 35.9 Å². The third kappa shape index (κ3) is 3.84. The summed E-state index contributed by atoms with van der Waals surface area (Å²) in [5.41, 5.74) is -1.63. The van der Waals surface area contributed by atoms with Crippen LogP contribution in [0.2, 0.25) is 0 Å². The normalized spacial score (nSPS) is 25.1. The van der Waals surface area contributed by atoms with Gasteiger partial charge in [0.2, 0.25) is 0 Å². The summed E-state index contributed by atoms with van der Waals surface area (Å²) in [4.78, 5) is 26.6. The zero-order valence-electron chi connectivity index (χ0n) is 15.2. The molecule has 1 unspecified atom stereocenters. The molecule has 1 fully saturated rings. The van der Waals surface area contributed by atoms with E-state index in [0.717, 1.165) is 5.56 Å². The second-order valence-electron chi connectivity index (χ2n) is 7.55. The number of esters is 1. The first-order valence-electron chi connectivity index (χ1n) is 8.46. The third-order valence-corrected chi connectivity index (χ3v) is 4.55. The standard InChI is InChI=1S/C19H26FNO4/c1-13(14-8-6-5-7-9-14)21-12-19(10-11-22,15(20)16(21)23)17(24)25-18(2,3)4/h5-9,13,15,22H,10-12H2,1-4H3/t13-,15?,19-/m1/s1. The lowest BCUT2D eigenvalue weighted by molar-refractivity contribution is -0.172. The van der Waals surface area contributed by atoms with Crippen LogP contribution < -0.4 is 0 Å². The molecule has 1 N–H and O–H groups in total. The average Bonchev–Trinajstić information content (AvgIpc) is 2.80. The molecule has 1 heterocycles. The van der Waals surface area contributed by atoms with Crippen molar-refractivity contribution in [2.75, 3.05) is 13.2 Å². The highest BCUT2D eigenvalue weighted by Crippen LogP contribution is 2.42. The van der Waals surface area contributed by atoms with Gasteiger partial charge in [-0.25, -0.2) is 4.39 Å². The van der Waals surface area contributed by atoms with Crippen molar-refractivity contribution in [2.45, 2.75) is 51.9 Å². The molecule has 1 saturated heterocycles. The minimum absolute atomic E-state index is 0.113. The molecule has 0 aromatic heterocycles. The molecule has 6 heteroatoms. The van der Waals surface area contributed by atoms with Crippen molar-refractivity contribution in [1.29, 1.82) is 0 Å². The summed E-state index contributed by atoms with van der Waals surface area (Å²) in [5.74, 6) is -1.52. The number of hydrogen-bond acceptors (Lipinski definition) is 4. The summed E-state index contributed by atoms with van der Waals surface area (Å²) in [6.07, 6.45) is -2.19. The van der Waals surface area contributed by atoms with E-state index in [1.165, 1.54) is 4.90 Å². The first-order valence-corrected chi connectivity index (χ1v) is 8.46. The molecule has 5 nitrogen and oxygen atoms in total. The molecule has 1 aliphatic heterocycles. The highest BCUT2D eigenvalue weighted by Gasteiger charge is 2.60. The van der Waals surface area contributed by atoms with Crippen LogP contribution in [0, 0.1) is 5.41 Å². The Morgan fingerprint density at radius 3 is 2.52 bits per heavy atom. The van der Waals surface area contributed by atoms with Gasteiger partial charge in [0.15, 0.2) is 6.17 Å². The second kappa shape index (κ2) is 7.12. The van der Waals surface area contributed by atoms with Crippen molar-refractivity contribution in [1.82, 2.24) is 4.90 Å². The number of ether oxygens (including phenoxy) is 1. The molecule has 0 radical (unpaired) electrons. The molecular formula is C19H26FNO4. The van der Waals surface area contributed by atoms with Gasteiger partial charge in [0.05, 0.1) is 6.04 Å². The van der Waals surface area contributed by atoms with E-state index in [1.807, 2.05) is 30.3 Å². The molecule has 2 rings (SSSR count). The van der Waals surface area contributed by atoms with Gasteiger partial charge in [-0.05, 0) is 39.7 Å². The Morgan fingerprint density at radius 2 is 2.00 bits per heavy atom. The van der Waals surface area contributed by atoms with Gasteiger partial charge >= 0.3 is 5.97 Å². The third-order valence-electron chi connectivity index (χ3n) is 4.55. The van der Waals surface area contributed by atoms with Crippen molar-refractivity contribution in [3.63, 3.8) is 0 Å². The van der Waals surface area contributed by atoms with E-state index in [2.05, 4.69) is 0 Å². The Balaban J connectivity index is 2.33. The Hall–Kier alpha value is -1.95. The number of amides is 1. The molecule has 0 spiro atoms. The summed E-state index contributed by atoms with van der Waals surface area (Å²) >= 11 is 0. The maximum absolute atomic E-state index is 15.0. The van der Waals surface area contributed by atoms with E-state index in [-0.39, 0.29) is 19.0 Å². The van der Waals surface area contributed by atoms with Gasteiger partial charge in [0.25, 0.3) is 5.91 Å². The summed E-state index contributed by atoms with van der Waals surface area (Å²) in [7, 11) is 0. The largest absolute Gasteiger partial charge is 0.459 e. The van der Waals surface area contributed by atoms with Gasteiger partial charge in [0.1, 0.15) is 11.0 Å². The molecule has 0 bridgehead atoms. The van der Waals surface area contributed by atoms with Crippen LogP contribution in [0.1, 0.15) is 45.7 Å². The first-order chi connectivity index (χ1) is 11.6. The number of rotatable bonds is 5. The van der Waals surface area contributed by atoms with Crippen molar-refractivity contribution in [2.24, 2.45) is 5.41 Å². The molecule has 0 saturated carbocycles. The number of aliphatic hydroxyl groups excluding tert-OH is 1. The zero-order chi connectivity index (χ0) is 18.8. The average molecular weight is 351 g/mol. The molecule has 1 amide bonds. The number of benzene rings is 1. The Kier molecular flexibility index (Phi) is 5.52. The fourth-order valence-electron chi connectivity index (χ4n) is 3.14. The van der Waals surface area contributed by atoms with Gasteiger partial charge in [-0.2, -0.15) is 0 Å². The predicted octanol–water partition coefficient (Wildman–Crippen LogP) is 2.64. The quantitative estimate of drug-likeness (QED) is 0.828. The Morgan fingerprint density at radius 1 is 1.40 bits per heavy atom. The van der Waals surface area contributed by atoms with E-state index in [4.69, 9.17) is 4.74 Å². The molecule has 3 atom stereocenters. The molecular weight excluding hydrogens is 325 g/mol. The van der Waals surface area contributed by atoms with Gasteiger partial charge < -0.3 is 14.7 Å². The number of hydrogen-bond donors (Lipinski definition) is 1. The van der Waals surface area contributed by atoms with Crippen LogP contribution in [0.25, 0.3) is 0 Å². The summed E-state index contributed by atoms with van der Waals surface area (Å²) in [6, 6.07) is 8.86. The van der Waals surface area contributed by atoms with Gasteiger partial charge in [-0.15, -0.1) is 0 Å². The minimum atomic E-state index is -2.03. The molecule has 1 aromatic rings. The van der Waals surface area contributed by atoms with Crippen LogP contribution in [0.3, 0.4) is 0 Å². The van der Waals surface area contributed by atoms with Crippen molar-refractivity contribution < 1.29 is 23.8 Å². The minimum Gasteiger partial charge on any atom is -0.459 e. The molecule has 1 aliphatic rings. The lowest BCUT2D eigenvalue weighted by Crippen LogP contribution is -2.45. The van der Waals surface area contributed by atoms with E-state index in [0.29, 0.717) is 0 Å². The number of nitrogens with zero attached hydrogens (tertiary/aromatic N) is 1. The summed E-state index contributed by atoms with van der Waals surface area (Å²) in [5, 5.41) is 9.38. The zero-order valence-corrected chi connectivity index (χ0v) is 15.2. The fraction of sp³-hybridized carbons (Fsp3) is 0.579. The lowest BCUT2D eigenvalue weighted by atomic mass is 9.82. The van der Waals surface area contributed by atoms with Crippen molar-refractivity contribution >= 4 is 11.9 Å². The van der Waals surface area contributed by atoms with Crippen LogP contribution in [0.5, 0.6) is 0 Å². The van der Waals surface area contributed by atoms with Crippen LogP contribution in [-0.2, 0) is 14.3 Å². The number of carbonyl (C=O) groups is 2. The van der Waals surface area contributed by atoms with Gasteiger partial charge in [0, 0.05) is 13.2 Å². The monoisotopic (exact) mass is 351 g/mol. The van der Waals surface area contributed by atoms with E-state index >= 15 is 0 Å². The lowest BCUT2D eigenvalue weighted by Gasteiger charge is -2.32. The summed E-state index contributed by atoms with van der Waals surface area (Å²) in [6.45, 7) is 6.34. The number of alkyl halides is 1. The fourth-order valence-corrected chi connectivity index (χ4v) is 3.14. The van der Waals surface area contributed by atoms with Crippen LogP contribution >= 0.6 is 0 Å². The molecule has 0 aliphatic carbocycles. The number of halogens is 1.